The van der Waals surface area contributed by atoms with E-state index in [1.165, 1.54) is 0 Å². The quantitative estimate of drug-likeness (QED) is 0.795. The lowest BCUT2D eigenvalue weighted by Gasteiger charge is -2.19. The van der Waals surface area contributed by atoms with Gasteiger partial charge in [-0.3, -0.25) is 0 Å². The number of carboxylic acids is 1. The van der Waals surface area contributed by atoms with E-state index in [-0.39, 0.29) is 5.41 Å². The number of rotatable bonds is 2. The molecule has 0 atom stereocenters. The SMILES string of the molecule is CC(C)(C)/C(=C/c1ccc(Cl)cc1)C(=O)O. The van der Waals surface area contributed by atoms with Crippen molar-refractivity contribution < 1.29 is 9.90 Å². The fraction of sp³-hybridized carbons (Fsp3) is 0.308. The van der Waals surface area contributed by atoms with E-state index < -0.39 is 5.97 Å². The van der Waals surface area contributed by atoms with Crippen LogP contribution in [0.4, 0.5) is 0 Å². The van der Waals surface area contributed by atoms with Gasteiger partial charge in [-0.2, -0.15) is 0 Å². The highest BCUT2D eigenvalue weighted by atomic mass is 35.5. The maximum Gasteiger partial charge on any atom is 0.332 e. The van der Waals surface area contributed by atoms with Gasteiger partial charge in [-0.15, -0.1) is 0 Å². The first-order valence-electron chi connectivity index (χ1n) is 5.02. The zero-order chi connectivity index (χ0) is 12.3. The van der Waals surface area contributed by atoms with Crippen LogP contribution in [0.25, 0.3) is 6.08 Å². The molecular formula is C13H15ClO2. The molecule has 1 N–H and O–H groups in total. The van der Waals surface area contributed by atoms with Gasteiger partial charge in [0.05, 0.1) is 0 Å². The minimum absolute atomic E-state index is 0.383. The Hall–Kier alpha value is -1.28. The van der Waals surface area contributed by atoms with E-state index >= 15 is 0 Å². The lowest BCUT2D eigenvalue weighted by molar-refractivity contribution is -0.133. The number of carboxylic acid groups (broad SMARTS) is 1. The highest BCUT2D eigenvalue weighted by Crippen LogP contribution is 2.27. The van der Waals surface area contributed by atoms with Crippen LogP contribution >= 0.6 is 11.6 Å². The Labute approximate surface area is 101 Å². The van der Waals surface area contributed by atoms with Gasteiger partial charge in [0.15, 0.2) is 0 Å². The average molecular weight is 239 g/mol. The molecule has 3 heteroatoms. The van der Waals surface area contributed by atoms with Crippen LogP contribution in [0.2, 0.25) is 5.02 Å². The van der Waals surface area contributed by atoms with Crippen LogP contribution in [0, 0.1) is 5.41 Å². The van der Waals surface area contributed by atoms with E-state index in [0.29, 0.717) is 10.6 Å². The lowest BCUT2D eigenvalue weighted by atomic mass is 9.85. The van der Waals surface area contributed by atoms with Crippen molar-refractivity contribution in [2.45, 2.75) is 20.8 Å². The summed E-state index contributed by atoms with van der Waals surface area (Å²) in [7, 11) is 0. The van der Waals surface area contributed by atoms with E-state index in [9.17, 15) is 4.79 Å². The van der Waals surface area contributed by atoms with Gasteiger partial charge in [0.2, 0.25) is 0 Å². The third-order valence-electron chi connectivity index (χ3n) is 2.22. The summed E-state index contributed by atoms with van der Waals surface area (Å²) >= 11 is 5.76. The van der Waals surface area contributed by atoms with E-state index in [2.05, 4.69) is 0 Å². The molecule has 16 heavy (non-hydrogen) atoms. The Morgan fingerprint density at radius 3 is 2.12 bits per heavy atom. The van der Waals surface area contributed by atoms with Crippen LogP contribution in [0.1, 0.15) is 26.3 Å². The molecule has 2 nitrogen and oxygen atoms in total. The summed E-state index contributed by atoms with van der Waals surface area (Å²) in [6.45, 7) is 5.63. The molecule has 0 saturated heterocycles. The van der Waals surface area contributed by atoms with Crippen LogP contribution in [-0.4, -0.2) is 11.1 Å². The highest BCUT2D eigenvalue weighted by molar-refractivity contribution is 6.30. The predicted molar refractivity (Wildman–Crippen MR) is 66.5 cm³/mol. The number of carbonyl (C=O) groups is 1. The van der Waals surface area contributed by atoms with Crippen molar-refractivity contribution in [3.8, 4) is 0 Å². The maximum absolute atomic E-state index is 11.1. The molecule has 0 amide bonds. The smallest absolute Gasteiger partial charge is 0.332 e. The number of halogens is 1. The number of hydrogen-bond donors (Lipinski definition) is 1. The van der Waals surface area contributed by atoms with Gasteiger partial charge in [0, 0.05) is 10.6 Å². The molecule has 1 aromatic carbocycles. The lowest BCUT2D eigenvalue weighted by Crippen LogP contribution is -2.17. The molecule has 0 radical (unpaired) electrons. The number of benzene rings is 1. The van der Waals surface area contributed by atoms with Crippen molar-refractivity contribution in [2.75, 3.05) is 0 Å². The van der Waals surface area contributed by atoms with Crippen LogP contribution in [-0.2, 0) is 4.79 Å². The molecule has 0 aliphatic carbocycles. The molecule has 86 valence electrons. The summed E-state index contributed by atoms with van der Waals surface area (Å²) in [6, 6.07) is 7.10. The van der Waals surface area contributed by atoms with Gasteiger partial charge in [-0.25, -0.2) is 4.79 Å². The first-order chi connectivity index (χ1) is 7.30. The first-order valence-corrected chi connectivity index (χ1v) is 5.39. The monoisotopic (exact) mass is 238 g/mol. The Bertz CT molecular complexity index is 411. The Kier molecular flexibility index (Phi) is 3.76. The summed E-state index contributed by atoms with van der Waals surface area (Å²) in [6.07, 6.45) is 1.68. The maximum atomic E-state index is 11.1. The van der Waals surface area contributed by atoms with Gasteiger partial charge >= 0.3 is 5.97 Å². The van der Waals surface area contributed by atoms with Crippen LogP contribution < -0.4 is 0 Å². The molecule has 0 spiro atoms. The third-order valence-corrected chi connectivity index (χ3v) is 2.47. The number of hydrogen-bond acceptors (Lipinski definition) is 1. The van der Waals surface area contributed by atoms with Crippen molar-refractivity contribution in [2.24, 2.45) is 5.41 Å². The van der Waals surface area contributed by atoms with Crippen molar-refractivity contribution in [3.05, 3.63) is 40.4 Å². The third kappa shape index (κ3) is 3.38. The Balaban J connectivity index is 3.13. The average Bonchev–Trinajstić information content (AvgIpc) is 2.14. The second-order valence-electron chi connectivity index (χ2n) is 4.66. The van der Waals surface area contributed by atoms with E-state index in [1.54, 1.807) is 30.3 Å². The van der Waals surface area contributed by atoms with E-state index in [4.69, 9.17) is 16.7 Å². The van der Waals surface area contributed by atoms with Crippen LogP contribution in [0.5, 0.6) is 0 Å². The first kappa shape index (κ1) is 12.8. The molecule has 0 aromatic heterocycles. The summed E-state index contributed by atoms with van der Waals surface area (Å²) in [5, 5.41) is 9.77. The Morgan fingerprint density at radius 2 is 1.75 bits per heavy atom. The fourth-order valence-corrected chi connectivity index (χ4v) is 1.45. The zero-order valence-electron chi connectivity index (χ0n) is 9.62. The fourth-order valence-electron chi connectivity index (χ4n) is 1.32. The molecule has 0 bridgehead atoms. The molecule has 0 aliphatic rings. The standard InChI is InChI=1S/C13H15ClO2/c1-13(2,3)11(12(15)16)8-9-4-6-10(14)7-5-9/h4-8H,1-3H3,(H,15,16)/b11-8+. The van der Waals surface area contributed by atoms with Gasteiger partial charge in [0.1, 0.15) is 0 Å². The van der Waals surface area contributed by atoms with Gasteiger partial charge in [-0.05, 0) is 29.2 Å². The zero-order valence-corrected chi connectivity index (χ0v) is 10.4. The van der Waals surface area contributed by atoms with Crippen molar-refractivity contribution in [3.63, 3.8) is 0 Å². The normalized spacial score (nSPS) is 12.6. The van der Waals surface area contributed by atoms with Crippen molar-refractivity contribution in [1.82, 2.24) is 0 Å². The molecule has 1 rings (SSSR count). The molecule has 0 fully saturated rings. The molecular weight excluding hydrogens is 224 g/mol. The van der Waals surface area contributed by atoms with Crippen LogP contribution in [0.15, 0.2) is 29.8 Å². The van der Waals surface area contributed by atoms with Gasteiger partial charge in [0.25, 0.3) is 0 Å². The minimum atomic E-state index is -0.887. The highest BCUT2D eigenvalue weighted by Gasteiger charge is 2.23. The van der Waals surface area contributed by atoms with Gasteiger partial charge < -0.3 is 5.11 Å². The largest absolute Gasteiger partial charge is 0.478 e. The Morgan fingerprint density at radius 1 is 1.25 bits per heavy atom. The summed E-state index contributed by atoms with van der Waals surface area (Å²) < 4.78 is 0. The molecule has 0 saturated carbocycles. The molecule has 0 unspecified atom stereocenters. The predicted octanol–water partition coefficient (Wildman–Crippen LogP) is 3.85. The van der Waals surface area contributed by atoms with Crippen molar-refractivity contribution in [1.29, 1.82) is 0 Å². The van der Waals surface area contributed by atoms with E-state index in [0.717, 1.165) is 5.56 Å². The molecule has 1 aromatic rings. The minimum Gasteiger partial charge on any atom is -0.478 e. The molecule has 0 heterocycles. The molecule has 0 aliphatic heterocycles. The summed E-state index contributed by atoms with van der Waals surface area (Å²) in [5.41, 5.74) is 0.845. The second-order valence-corrected chi connectivity index (χ2v) is 5.10. The van der Waals surface area contributed by atoms with Crippen LogP contribution in [0.3, 0.4) is 0 Å². The summed E-state index contributed by atoms with van der Waals surface area (Å²) in [5.74, 6) is -0.887. The van der Waals surface area contributed by atoms with Gasteiger partial charge in [-0.1, -0.05) is 44.5 Å². The summed E-state index contributed by atoms with van der Waals surface area (Å²) in [4.78, 5) is 11.1. The van der Waals surface area contributed by atoms with Crippen molar-refractivity contribution >= 4 is 23.6 Å². The number of aliphatic carboxylic acids is 1. The van der Waals surface area contributed by atoms with E-state index in [1.807, 2.05) is 20.8 Å². The topological polar surface area (TPSA) is 37.3 Å². The second kappa shape index (κ2) is 4.71.